The molecule has 3 rings (SSSR count). The van der Waals surface area contributed by atoms with E-state index in [2.05, 4.69) is 10.1 Å². The molecule has 0 spiro atoms. The van der Waals surface area contributed by atoms with Gasteiger partial charge >= 0.3 is 0 Å². The van der Waals surface area contributed by atoms with Gasteiger partial charge in [-0.2, -0.15) is 5.10 Å². The number of aliphatic hydroxyl groups is 1. The third-order valence-corrected chi connectivity index (χ3v) is 3.48. The molecule has 0 fully saturated rings. The smallest absolute Gasteiger partial charge is 0.169 e. The highest BCUT2D eigenvalue weighted by Crippen LogP contribution is 2.18. The summed E-state index contributed by atoms with van der Waals surface area (Å²) in [5, 5.41) is 23.3. The number of benzene rings is 2. The van der Waals surface area contributed by atoms with E-state index in [0.717, 1.165) is 5.56 Å². The molecular weight excluding hydrogens is 290 g/mol. The summed E-state index contributed by atoms with van der Waals surface area (Å²) in [6.45, 7) is 0.535. The fourth-order valence-corrected chi connectivity index (χ4v) is 2.22. The van der Waals surface area contributed by atoms with Crippen LogP contribution in [0.4, 0.5) is 5.69 Å². The third-order valence-electron chi connectivity index (χ3n) is 3.48. The van der Waals surface area contributed by atoms with Gasteiger partial charge in [0.05, 0.1) is 18.4 Å². The molecule has 0 aliphatic carbocycles. The molecule has 6 nitrogen and oxygen atoms in total. The van der Waals surface area contributed by atoms with Crippen LogP contribution in [-0.4, -0.2) is 27.9 Å². The zero-order chi connectivity index (χ0) is 16.2. The summed E-state index contributed by atoms with van der Waals surface area (Å²) in [7, 11) is 0. The number of aliphatic hydroxyl groups excluding tert-OH is 1. The minimum atomic E-state index is -0.996. The summed E-state index contributed by atoms with van der Waals surface area (Å²) in [5.41, 5.74) is 8.28. The van der Waals surface area contributed by atoms with Crippen molar-refractivity contribution in [3.05, 3.63) is 65.7 Å². The summed E-state index contributed by atoms with van der Waals surface area (Å²) < 4.78 is 0. The number of nitrogens with one attached hydrogen (secondary N) is 1. The van der Waals surface area contributed by atoms with E-state index >= 15 is 0 Å². The van der Waals surface area contributed by atoms with Gasteiger partial charge in [0.15, 0.2) is 5.84 Å². The number of nitrogens with two attached hydrogens (primary N) is 1. The molecule has 0 bridgehead atoms. The van der Waals surface area contributed by atoms with Crippen molar-refractivity contribution in [1.29, 1.82) is 5.41 Å². The van der Waals surface area contributed by atoms with Crippen LogP contribution in [0.5, 0.6) is 0 Å². The standard InChI is InChI=1S/C17H17N5O/c18-16-15(21-14-8-6-13(7-9-14)17(19)23)10-20-22(16)11-12-4-2-1-3-5-12/h1-10,17-18,23H,11,19H2. The van der Waals surface area contributed by atoms with Crippen LogP contribution in [0.15, 0.2) is 64.7 Å². The van der Waals surface area contributed by atoms with Crippen molar-refractivity contribution in [3.63, 3.8) is 0 Å². The van der Waals surface area contributed by atoms with Crippen molar-refractivity contribution in [3.8, 4) is 0 Å². The highest BCUT2D eigenvalue weighted by Gasteiger charge is 2.20. The molecule has 1 aliphatic rings. The average Bonchev–Trinajstić information content (AvgIpc) is 2.90. The minimum absolute atomic E-state index is 0.261. The Kier molecular flexibility index (Phi) is 4.27. The third kappa shape index (κ3) is 3.50. The first-order valence-corrected chi connectivity index (χ1v) is 7.20. The van der Waals surface area contributed by atoms with Gasteiger partial charge in [0.2, 0.25) is 0 Å². The van der Waals surface area contributed by atoms with E-state index in [0.29, 0.717) is 23.5 Å². The minimum Gasteiger partial charge on any atom is -0.375 e. The molecule has 1 aliphatic heterocycles. The van der Waals surface area contributed by atoms with Crippen LogP contribution in [0.3, 0.4) is 0 Å². The Bertz CT molecular complexity index is 750. The van der Waals surface area contributed by atoms with E-state index in [-0.39, 0.29) is 5.84 Å². The van der Waals surface area contributed by atoms with E-state index in [9.17, 15) is 5.11 Å². The van der Waals surface area contributed by atoms with Gasteiger partial charge in [-0.05, 0) is 23.3 Å². The summed E-state index contributed by atoms with van der Waals surface area (Å²) in [5.74, 6) is 0.261. The maximum atomic E-state index is 9.30. The number of rotatable bonds is 4. The van der Waals surface area contributed by atoms with Gasteiger partial charge in [-0.15, -0.1) is 0 Å². The summed E-state index contributed by atoms with van der Waals surface area (Å²) in [6.07, 6.45) is 0.584. The Hall–Kier alpha value is -2.83. The number of nitrogens with zero attached hydrogens (tertiary/aromatic N) is 3. The monoisotopic (exact) mass is 307 g/mol. The second-order valence-corrected chi connectivity index (χ2v) is 5.17. The lowest BCUT2D eigenvalue weighted by molar-refractivity contribution is 0.186. The van der Waals surface area contributed by atoms with E-state index in [1.165, 1.54) is 0 Å². The van der Waals surface area contributed by atoms with Crippen LogP contribution in [0.2, 0.25) is 0 Å². The first kappa shape index (κ1) is 15.1. The number of amidine groups is 1. The molecule has 2 aromatic rings. The van der Waals surface area contributed by atoms with Crippen LogP contribution in [0.25, 0.3) is 0 Å². The van der Waals surface area contributed by atoms with Gasteiger partial charge in [0.1, 0.15) is 11.9 Å². The van der Waals surface area contributed by atoms with E-state index in [1.807, 2.05) is 30.3 Å². The molecule has 0 amide bonds. The summed E-state index contributed by atoms with van der Waals surface area (Å²) >= 11 is 0. The SMILES string of the molecule is N=C1C(=Nc2ccc(C(N)O)cc2)C=NN1Cc1ccccc1. The highest BCUT2D eigenvalue weighted by molar-refractivity contribution is 6.63. The van der Waals surface area contributed by atoms with Gasteiger partial charge < -0.3 is 10.8 Å². The van der Waals surface area contributed by atoms with Gasteiger partial charge in [-0.1, -0.05) is 42.5 Å². The van der Waals surface area contributed by atoms with Gasteiger partial charge in [0.25, 0.3) is 0 Å². The molecule has 23 heavy (non-hydrogen) atoms. The molecule has 0 aromatic heterocycles. The number of aliphatic imine (C=N–C) groups is 1. The van der Waals surface area contributed by atoms with Crippen LogP contribution in [-0.2, 0) is 6.54 Å². The Morgan fingerprint density at radius 2 is 1.83 bits per heavy atom. The maximum absolute atomic E-state index is 9.30. The van der Waals surface area contributed by atoms with Crippen molar-refractivity contribution < 1.29 is 5.11 Å². The fourth-order valence-electron chi connectivity index (χ4n) is 2.22. The first-order valence-electron chi connectivity index (χ1n) is 7.20. The molecule has 0 saturated carbocycles. The molecule has 0 radical (unpaired) electrons. The number of hydrogen-bond donors (Lipinski definition) is 3. The molecule has 0 saturated heterocycles. The predicted octanol–water partition coefficient (Wildman–Crippen LogP) is 2.19. The van der Waals surface area contributed by atoms with Gasteiger partial charge in [0, 0.05) is 0 Å². The van der Waals surface area contributed by atoms with Crippen LogP contribution in [0.1, 0.15) is 17.4 Å². The van der Waals surface area contributed by atoms with E-state index in [1.54, 1.807) is 35.5 Å². The Morgan fingerprint density at radius 1 is 1.13 bits per heavy atom. The Morgan fingerprint density at radius 3 is 2.48 bits per heavy atom. The predicted molar refractivity (Wildman–Crippen MR) is 90.9 cm³/mol. The lowest BCUT2D eigenvalue weighted by atomic mass is 10.2. The molecule has 1 heterocycles. The molecule has 1 unspecified atom stereocenters. The number of hydrazone groups is 1. The topological polar surface area (TPSA) is 98.1 Å². The molecule has 1 atom stereocenters. The zero-order valence-electron chi connectivity index (χ0n) is 12.4. The van der Waals surface area contributed by atoms with Crippen molar-refractivity contribution in [2.45, 2.75) is 12.8 Å². The van der Waals surface area contributed by atoms with Gasteiger partial charge in [-0.25, -0.2) is 10.0 Å². The molecule has 116 valence electrons. The van der Waals surface area contributed by atoms with Crippen molar-refractivity contribution in [1.82, 2.24) is 5.01 Å². The first-order chi connectivity index (χ1) is 11.1. The Balaban J connectivity index is 1.72. The largest absolute Gasteiger partial charge is 0.375 e. The van der Waals surface area contributed by atoms with Crippen molar-refractivity contribution in [2.75, 3.05) is 0 Å². The number of hydrogen-bond acceptors (Lipinski definition) is 5. The van der Waals surface area contributed by atoms with Crippen LogP contribution in [0, 0.1) is 5.41 Å². The van der Waals surface area contributed by atoms with Crippen molar-refractivity contribution >= 4 is 23.4 Å². The normalized spacial score (nSPS) is 17.0. The van der Waals surface area contributed by atoms with Gasteiger partial charge in [-0.3, -0.25) is 5.41 Å². The lowest BCUT2D eigenvalue weighted by Crippen LogP contribution is -2.25. The maximum Gasteiger partial charge on any atom is 0.169 e. The molecule has 2 aromatic carbocycles. The van der Waals surface area contributed by atoms with Crippen LogP contribution >= 0.6 is 0 Å². The van der Waals surface area contributed by atoms with E-state index in [4.69, 9.17) is 11.1 Å². The zero-order valence-corrected chi connectivity index (χ0v) is 12.4. The second kappa shape index (κ2) is 6.51. The fraction of sp³-hybridized carbons (Fsp3) is 0.118. The Labute approximate surface area is 134 Å². The van der Waals surface area contributed by atoms with Crippen molar-refractivity contribution in [2.24, 2.45) is 15.8 Å². The van der Waals surface area contributed by atoms with E-state index < -0.39 is 6.23 Å². The molecular formula is C17H17N5O. The van der Waals surface area contributed by atoms with Crippen LogP contribution < -0.4 is 5.73 Å². The highest BCUT2D eigenvalue weighted by atomic mass is 16.3. The molecule has 6 heteroatoms. The lowest BCUT2D eigenvalue weighted by Gasteiger charge is -2.13. The molecule has 4 N–H and O–H groups in total. The average molecular weight is 307 g/mol. The summed E-state index contributed by atoms with van der Waals surface area (Å²) in [6, 6.07) is 16.8. The quantitative estimate of drug-likeness (QED) is 0.755. The summed E-state index contributed by atoms with van der Waals surface area (Å²) in [4.78, 5) is 4.41. The second-order valence-electron chi connectivity index (χ2n) is 5.17.